The molecule has 0 aliphatic heterocycles. The summed E-state index contributed by atoms with van der Waals surface area (Å²) in [5.41, 5.74) is 0.441. The molecule has 0 bridgehead atoms. The fourth-order valence-corrected chi connectivity index (χ4v) is 1.59. The van der Waals surface area contributed by atoms with Gasteiger partial charge in [-0.25, -0.2) is 4.79 Å². The number of ether oxygens (including phenoxy) is 3. The van der Waals surface area contributed by atoms with Crippen molar-refractivity contribution in [3.05, 3.63) is 23.8 Å². The zero-order chi connectivity index (χ0) is 15.0. The van der Waals surface area contributed by atoms with Crippen LogP contribution in [-0.4, -0.2) is 25.3 Å². The van der Waals surface area contributed by atoms with E-state index in [1.165, 1.54) is 0 Å². The molecule has 1 aromatic rings. The lowest BCUT2D eigenvalue weighted by molar-refractivity contribution is 0.0373. The molecule has 0 amide bonds. The van der Waals surface area contributed by atoms with Crippen LogP contribution in [0, 0.1) is 0 Å². The van der Waals surface area contributed by atoms with Crippen molar-refractivity contribution in [3.63, 3.8) is 0 Å². The molecule has 1 rings (SSSR count). The number of rotatable bonds is 8. The molecule has 0 fully saturated rings. The molecule has 0 atom stereocenters. The van der Waals surface area contributed by atoms with Crippen molar-refractivity contribution in [2.24, 2.45) is 0 Å². The molecule has 0 heterocycles. The molecule has 1 aromatic carbocycles. The van der Waals surface area contributed by atoms with Gasteiger partial charge in [-0.3, -0.25) is 0 Å². The predicted octanol–water partition coefficient (Wildman–Crippen LogP) is 3.83. The predicted molar refractivity (Wildman–Crippen MR) is 78.6 cm³/mol. The van der Waals surface area contributed by atoms with Crippen LogP contribution in [0.15, 0.2) is 18.2 Å². The second-order valence-electron chi connectivity index (χ2n) is 4.81. The Morgan fingerprint density at radius 2 is 1.75 bits per heavy atom. The third-order valence-corrected chi connectivity index (χ3v) is 2.45. The molecule has 4 nitrogen and oxygen atoms in total. The van der Waals surface area contributed by atoms with E-state index < -0.39 is 0 Å². The van der Waals surface area contributed by atoms with Crippen LogP contribution in [0.2, 0.25) is 0 Å². The van der Waals surface area contributed by atoms with Crippen LogP contribution < -0.4 is 9.47 Å². The summed E-state index contributed by atoms with van der Waals surface area (Å²) in [7, 11) is 0. The number of carbonyl (C=O) groups is 1. The molecule has 0 aliphatic carbocycles. The lowest BCUT2D eigenvalue weighted by Crippen LogP contribution is -2.13. The fourth-order valence-electron chi connectivity index (χ4n) is 1.59. The summed E-state index contributed by atoms with van der Waals surface area (Å²) in [5.74, 6) is 0.860. The molecule has 0 saturated heterocycles. The molecule has 20 heavy (non-hydrogen) atoms. The van der Waals surface area contributed by atoms with E-state index in [-0.39, 0.29) is 12.1 Å². The molecule has 0 spiro atoms. The lowest BCUT2D eigenvalue weighted by atomic mass is 10.2. The van der Waals surface area contributed by atoms with Gasteiger partial charge in [-0.05, 0) is 38.8 Å². The number of carbonyl (C=O) groups excluding carboxylic acids is 1. The van der Waals surface area contributed by atoms with E-state index in [9.17, 15) is 4.79 Å². The van der Waals surface area contributed by atoms with Gasteiger partial charge in [0.2, 0.25) is 0 Å². The first kappa shape index (κ1) is 16.3. The van der Waals surface area contributed by atoms with Crippen LogP contribution >= 0.6 is 0 Å². The van der Waals surface area contributed by atoms with Gasteiger partial charge in [0, 0.05) is 6.07 Å². The van der Waals surface area contributed by atoms with Gasteiger partial charge in [0.1, 0.15) is 17.1 Å². The minimum Gasteiger partial charge on any atom is -0.493 e. The van der Waals surface area contributed by atoms with Gasteiger partial charge in [-0.1, -0.05) is 13.8 Å². The lowest BCUT2D eigenvalue weighted by Gasteiger charge is -2.14. The van der Waals surface area contributed by atoms with E-state index in [0.717, 1.165) is 12.8 Å². The van der Waals surface area contributed by atoms with Crippen molar-refractivity contribution in [3.8, 4) is 11.5 Å². The Morgan fingerprint density at radius 1 is 1.10 bits per heavy atom. The zero-order valence-corrected chi connectivity index (χ0v) is 12.8. The van der Waals surface area contributed by atoms with Gasteiger partial charge in [0.15, 0.2) is 0 Å². The maximum atomic E-state index is 12.0. The van der Waals surface area contributed by atoms with Crippen LogP contribution in [0.25, 0.3) is 0 Å². The van der Waals surface area contributed by atoms with Crippen LogP contribution in [-0.2, 0) is 4.74 Å². The number of hydrogen-bond donors (Lipinski definition) is 0. The summed E-state index contributed by atoms with van der Waals surface area (Å²) in [6, 6.07) is 5.22. The smallest absolute Gasteiger partial charge is 0.342 e. The van der Waals surface area contributed by atoms with Crippen molar-refractivity contribution in [1.82, 2.24) is 0 Å². The Morgan fingerprint density at radius 3 is 2.35 bits per heavy atom. The van der Waals surface area contributed by atoms with Crippen molar-refractivity contribution in [2.45, 2.75) is 46.6 Å². The highest BCUT2D eigenvalue weighted by atomic mass is 16.5. The van der Waals surface area contributed by atoms with E-state index >= 15 is 0 Å². The Bertz CT molecular complexity index is 426. The molecule has 4 heteroatoms. The number of benzene rings is 1. The molecule has 0 radical (unpaired) electrons. The maximum absolute atomic E-state index is 12.0. The minimum atomic E-state index is -0.367. The Hall–Kier alpha value is -1.71. The van der Waals surface area contributed by atoms with Crippen molar-refractivity contribution >= 4 is 5.97 Å². The highest BCUT2D eigenvalue weighted by molar-refractivity contribution is 5.92. The highest BCUT2D eigenvalue weighted by Gasteiger charge is 2.16. The summed E-state index contributed by atoms with van der Waals surface area (Å²) in [6.07, 6.45) is 1.65. The fraction of sp³-hybridized carbons (Fsp3) is 0.562. The molecule has 0 unspecified atom stereocenters. The summed E-state index contributed by atoms with van der Waals surface area (Å²) in [5, 5.41) is 0. The van der Waals surface area contributed by atoms with E-state index in [2.05, 4.69) is 0 Å². The van der Waals surface area contributed by atoms with Crippen molar-refractivity contribution < 1.29 is 19.0 Å². The Kier molecular flexibility index (Phi) is 6.91. The molecule has 112 valence electrons. The van der Waals surface area contributed by atoms with Crippen molar-refractivity contribution in [2.75, 3.05) is 13.2 Å². The second-order valence-corrected chi connectivity index (χ2v) is 4.81. The van der Waals surface area contributed by atoms with Crippen LogP contribution in [0.4, 0.5) is 0 Å². The first-order valence-electron chi connectivity index (χ1n) is 7.19. The first-order chi connectivity index (χ1) is 9.58. The topological polar surface area (TPSA) is 44.8 Å². The largest absolute Gasteiger partial charge is 0.493 e. The van der Waals surface area contributed by atoms with Gasteiger partial charge in [-0.2, -0.15) is 0 Å². The van der Waals surface area contributed by atoms with E-state index in [0.29, 0.717) is 30.3 Å². The molecular formula is C16H24O4. The van der Waals surface area contributed by atoms with Gasteiger partial charge >= 0.3 is 5.97 Å². The standard InChI is InChI=1S/C16H24O4/c1-5-9-18-13-7-8-14(16(17)20-12(3)4)15(11-13)19-10-6-2/h7-8,11-12H,5-6,9-10H2,1-4H3. The normalized spacial score (nSPS) is 10.4. The number of hydrogen-bond acceptors (Lipinski definition) is 4. The molecule has 0 N–H and O–H groups in total. The summed E-state index contributed by atoms with van der Waals surface area (Å²) in [4.78, 5) is 12.0. The third-order valence-electron chi connectivity index (χ3n) is 2.45. The van der Waals surface area contributed by atoms with Gasteiger partial charge in [-0.15, -0.1) is 0 Å². The van der Waals surface area contributed by atoms with E-state index in [4.69, 9.17) is 14.2 Å². The zero-order valence-electron chi connectivity index (χ0n) is 12.8. The van der Waals surface area contributed by atoms with Gasteiger partial charge < -0.3 is 14.2 Å². The number of esters is 1. The molecule has 0 aromatic heterocycles. The molecule has 0 saturated carbocycles. The van der Waals surface area contributed by atoms with Crippen LogP contribution in [0.1, 0.15) is 50.9 Å². The summed E-state index contributed by atoms with van der Waals surface area (Å²) >= 11 is 0. The average molecular weight is 280 g/mol. The van der Waals surface area contributed by atoms with E-state index in [1.807, 2.05) is 27.7 Å². The first-order valence-corrected chi connectivity index (χ1v) is 7.19. The monoisotopic (exact) mass is 280 g/mol. The molecular weight excluding hydrogens is 256 g/mol. The minimum absolute atomic E-state index is 0.155. The Balaban J connectivity index is 2.93. The maximum Gasteiger partial charge on any atom is 0.342 e. The Labute approximate surface area is 121 Å². The third kappa shape index (κ3) is 5.11. The SMILES string of the molecule is CCCOc1ccc(C(=O)OC(C)C)c(OCCC)c1. The van der Waals surface area contributed by atoms with Gasteiger partial charge in [0.25, 0.3) is 0 Å². The summed E-state index contributed by atoms with van der Waals surface area (Å²) < 4.78 is 16.4. The highest BCUT2D eigenvalue weighted by Crippen LogP contribution is 2.26. The van der Waals surface area contributed by atoms with Crippen LogP contribution in [0.3, 0.4) is 0 Å². The van der Waals surface area contributed by atoms with E-state index in [1.54, 1.807) is 18.2 Å². The second kappa shape index (κ2) is 8.46. The van der Waals surface area contributed by atoms with Gasteiger partial charge in [0.05, 0.1) is 19.3 Å². The average Bonchev–Trinajstić information content (AvgIpc) is 2.42. The quantitative estimate of drug-likeness (QED) is 0.679. The van der Waals surface area contributed by atoms with Crippen molar-refractivity contribution in [1.29, 1.82) is 0 Å². The van der Waals surface area contributed by atoms with Crippen LogP contribution in [0.5, 0.6) is 11.5 Å². The summed E-state index contributed by atoms with van der Waals surface area (Å²) in [6.45, 7) is 8.90. The molecule has 0 aliphatic rings.